The fraction of sp³-hybridized carbons (Fsp3) is 0.600. The minimum Gasteiger partial charge on any atom is -0.395 e. The topological polar surface area (TPSA) is 37.2 Å². The Hall–Kier alpha value is -0.800. The average Bonchev–Trinajstić information content (AvgIpc) is 2.54. The van der Waals surface area contributed by atoms with Crippen molar-refractivity contribution in [2.75, 3.05) is 13.2 Å². The molecule has 1 aromatic rings. The first-order valence-electron chi connectivity index (χ1n) is 4.77. The number of hydrogen-bond donors (Lipinski definition) is 2. The van der Waals surface area contributed by atoms with E-state index in [0.717, 1.165) is 6.54 Å². The fourth-order valence-corrected chi connectivity index (χ4v) is 1.39. The Labute approximate surface area is 79.4 Å². The third-order valence-electron chi connectivity index (χ3n) is 2.14. The molecular weight excluding hydrogens is 164 g/mol. The van der Waals surface area contributed by atoms with Gasteiger partial charge in [-0.3, -0.25) is 0 Å². The van der Waals surface area contributed by atoms with Gasteiger partial charge in [-0.1, -0.05) is 6.92 Å². The summed E-state index contributed by atoms with van der Waals surface area (Å²) in [6, 6.07) is 2.48. The van der Waals surface area contributed by atoms with Crippen molar-refractivity contribution in [3.63, 3.8) is 0 Å². The molecule has 1 heterocycles. The molecule has 0 bridgehead atoms. The van der Waals surface area contributed by atoms with Crippen molar-refractivity contribution in [3.8, 4) is 0 Å². The van der Waals surface area contributed by atoms with E-state index in [0.29, 0.717) is 12.6 Å². The maximum Gasteiger partial charge on any atom is 0.0610 e. The van der Waals surface area contributed by atoms with Gasteiger partial charge in [-0.2, -0.15) is 0 Å². The minimum atomic E-state index is 0.198. The SMILES string of the molecule is CCNC(C)c1ccn(CCO)c1. The van der Waals surface area contributed by atoms with Crippen LogP contribution in [0.25, 0.3) is 0 Å². The van der Waals surface area contributed by atoms with Crippen LogP contribution in [0, 0.1) is 0 Å². The van der Waals surface area contributed by atoms with Gasteiger partial charge in [0.05, 0.1) is 6.61 Å². The Morgan fingerprint density at radius 2 is 2.38 bits per heavy atom. The third kappa shape index (κ3) is 2.86. The van der Waals surface area contributed by atoms with Gasteiger partial charge in [0.15, 0.2) is 0 Å². The zero-order valence-corrected chi connectivity index (χ0v) is 8.33. The van der Waals surface area contributed by atoms with Gasteiger partial charge in [-0.25, -0.2) is 0 Å². The Balaban J connectivity index is 2.56. The highest BCUT2D eigenvalue weighted by molar-refractivity contribution is 5.14. The number of rotatable bonds is 5. The molecule has 0 radical (unpaired) electrons. The second-order valence-electron chi connectivity index (χ2n) is 3.19. The summed E-state index contributed by atoms with van der Waals surface area (Å²) in [6.07, 6.45) is 4.07. The van der Waals surface area contributed by atoms with Crippen LogP contribution >= 0.6 is 0 Å². The number of aromatic nitrogens is 1. The van der Waals surface area contributed by atoms with E-state index in [1.54, 1.807) is 0 Å². The lowest BCUT2D eigenvalue weighted by atomic mass is 10.2. The highest BCUT2D eigenvalue weighted by Crippen LogP contribution is 2.11. The van der Waals surface area contributed by atoms with Gasteiger partial charge in [-0.15, -0.1) is 0 Å². The average molecular weight is 182 g/mol. The van der Waals surface area contributed by atoms with Crippen molar-refractivity contribution in [1.29, 1.82) is 0 Å². The molecule has 2 N–H and O–H groups in total. The summed E-state index contributed by atoms with van der Waals surface area (Å²) in [7, 11) is 0. The van der Waals surface area contributed by atoms with Crippen LogP contribution < -0.4 is 5.32 Å². The number of nitrogens with zero attached hydrogens (tertiary/aromatic N) is 1. The lowest BCUT2D eigenvalue weighted by molar-refractivity contribution is 0.276. The van der Waals surface area contributed by atoms with Crippen LogP contribution in [0.4, 0.5) is 0 Å². The molecule has 0 fully saturated rings. The summed E-state index contributed by atoms with van der Waals surface area (Å²) < 4.78 is 2.00. The van der Waals surface area contributed by atoms with E-state index in [1.165, 1.54) is 5.56 Å². The highest BCUT2D eigenvalue weighted by atomic mass is 16.3. The Morgan fingerprint density at radius 3 is 3.00 bits per heavy atom. The summed E-state index contributed by atoms with van der Waals surface area (Å²) in [4.78, 5) is 0. The van der Waals surface area contributed by atoms with Crippen LogP contribution in [-0.2, 0) is 6.54 Å². The van der Waals surface area contributed by atoms with E-state index in [4.69, 9.17) is 5.11 Å². The molecular formula is C10H18N2O. The molecule has 1 rings (SSSR count). The second kappa shape index (κ2) is 5.04. The molecule has 0 saturated carbocycles. The Bertz CT molecular complexity index is 245. The first-order valence-corrected chi connectivity index (χ1v) is 4.77. The van der Waals surface area contributed by atoms with Gasteiger partial charge in [0.1, 0.15) is 0 Å². The van der Waals surface area contributed by atoms with Crippen molar-refractivity contribution in [2.45, 2.75) is 26.4 Å². The van der Waals surface area contributed by atoms with Crippen molar-refractivity contribution < 1.29 is 5.11 Å². The van der Waals surface area contributed by atoms with E-state index in [9.17, 15) is 0 Å². The molecule has 3 heteroatoms. The van der Waals surface area contributed by atoms with Crippen LogP contribution in [0.3, 0.4) is 0 Å². The smallest absolute Gasteiger partial charge is 0.0610 e. The van der Waals surface area contributed by atoms with Gasteiger partial charge >= 0.3 is 0 Å². The standard InChI is InChI=1S/C10H18N2O/c1-3-11-9(2)10-4-5-12(8-10)6-7-13/h4-5,8-9,11,13H,3,6-7H2,1-2H3. The molecule has 0 amide bonds. The van der Waals surface area contributed by atoms with Crippen LogP contribution in [0.2, 0.25) is 0 Å². The highest BCUT2D eigenvalue weighted by Gasteiger charge is 2.04. The third-order valence-corrected chi connectivity index (χ3v) is 2.14. The first-order chi connectivity index (χ1) is 6.27. The van der Waals surface area contributed by atoms with Crippen LogP contribution in [-0.4, -0.2) is 22.8 Å². The van der Waals surface area contributed by atoms with E-state index in [1.807, 2.05) is 10.8 Å². The van der Waals surface area contributed by atoms with Crippen molar-refractivity contribution in [1.82, 2.24) is 9.88 Å². The van der Waals surface area contributed by atoms with E-state index in [2.05, 4.69) is 31.4 Å². The molecule has 13 heavy (non-hydrogen) atoms. The molecule has 0 aliphatic carbocycles. The van der Waals surface area contributed by atoms with E-state index < -0.39 is 0 Å². The normalized spacial score (nSPS) is 13.2. The van der Waals surface area contributed by atoms with Crippen LogP contribution in [0.15, 0.2) is 18.5 Å². The Kier molecular flexibility index (Phi) is 3.99. The van der Waals surface area contributed by atoms with Gasteiger partial charge < -0.3 is 15.0 Å². The number of aliphatic hydroxyl groups excluding tert-OH is 1. The molecule has 0 saturated heterocycles. The molecule has 74 valence electrons. The van der Waals surface area contributed by atoms with Crippen molar-refractivity contribution in [2.24, 2.45) is 0 Å². The summed E-state index contributed by atoms with van der Waals surface area (Å²) >= 11 is 0. The summed E-state index contributed by atoms with van der Waals surface area (Å²) in [5.41, 5.74) is 1.27. The van der Waals surface area contributed by atoms with Gasteiger partial charge in [0.25, 0.3) is 0 Å². The lowest BCUT2D eigenvalue weighted by Gasteiger charge is -2.09. The number of aliphatic hydroxyl groups is 1. The van der Waals surface area contributed by atoms with E-state index >= 15 is 0 Å². The minimum absolute atomic E-state index is 0.198. The quantitative estimate of drug-likeness (QED) is 0.717. The molecule has 3 nitrogen and oxygen atoms in total. The molecule has 1 atom stereocenters. The van der Waals surface area contributed by atoms with Crippen molar-refractivity contribution >= 4 is 0 Å². The zero-order valence-electron chi connectivity index (χ0n) is 8.33. The fourth-order valence-electron chi connectivity index (χ4n) is 1.39. The largest absolute Gasteiger partial charge is 0.395 e. The number of hydrogen-bond acceptors (Lipinski definition) is 2. The predicted molar refractivity (Wildman–Crippen MR) is 53.6 cm³/mol. The number of nitrogens with one attached hydrogen (secondary N) is 1. The molecule has 0 aliphatic heterocycles. The molecule has 1 aromatic heterocycles. The maximum atomic E-state index is 8.73. The van der Waals surface area contributed by atoms with E-state index in [-0.39, 0.29) is 6.61 Å². The van der Waals surface area contributed by atoms with Gasteiger partial charge in [0, 0.05) is 25.0 Å². The molecule has 0 aliphatic rings. The molecule has 1 unspecified atom stereocenters. The van der Waals surface area contributed by atoms with Gasteiger partial charge in [-0.05, 0) is 25.1 Å². The van der Waals surface area contributed by atoms with Crippen LogP contribution in [0.5, 0.6) is 0 Å². The van der Waals surface area contributed by atoms with Gasteiger partial charge in [0.2, 0.25) is 0 Å². The lowest BCUT2D eigenvalue weighted by Crippen LogP contribution is -2.17. The second-order valence-corrected chi connectivity index (χ2v) is 3.19. The monoisotopic (exact) mass is 182 g/mol. The zero-order chi connectivity index (χ0) is 9.68. The predicted octanol–water partition coefficient (Wildman–Crippen LogP) is 1.15. The summed E-state index contributed by atoms with van der Waals surface area (Å²) in [5.74, 6) is 0. The van der Waals surface area contributed by atoms with Crippen LogP contribution in [0.1, 0.15) is 25.5 Å². The molecule has 0 spiro atoms. The summed E-state index contributed by atoms with van der Waals surface area (Å²) in [5, 5.41) is 12.1. The molecule has 0 aromatic carbocycles. The maximum absolute atomic E-state index is 8.73. The van der Waals surface area contributed by atoms with Crippen molar-refractivity contribution in [3.05, 3.63) is 24.0 Å². The summed E-state index contributed by atoms with van der Waals surface area (Å²) in [6.45, 7) is 6.10. The first kappa shape index (κ1) is 10.3. The Morgan fingerprint density at radius 1 is 1.62 bits per heavy atom.